The number of carbonyl (C=O) groups excluding carboxylic acids is 1. The van der Waals surface area contributed by atoms with E-state index in [1.807, 2.05) is 11.9 Å². The van der Waals surface area contributed by atoms with E-state index in [2.05, 4.69) is 4.90 Å². The molecule has 0 bridgehead atoms. The zero-order valence-corrected chi connectivity index (χ0v) is 10.1. The normalized spacial score (nSPS) is 22.4. The number of piperazine rings is 1. The molecule has 0 radical (unpaired) electrons. The number of hydrogen-bond donors (Lipinski definition) is 1. The second-order valence-corrected chi connectivity index (χ2v) is 4.94. The zero-order chi connectivity index (χ0) is 12.4. The van der Waals surface area contributed by atoms with Crippen LogP contribution in [-0.2, 0) is 4.79 Å². The molecule has 6 nitrogen and oxygen atoms in total. The maximum absolute atomic E-state index is 12.0. The van der Waals surface area contributed by atoms with Gasteiger partial charge in [0.05, 0.1) is 6.42 Å². The minimum absolute atomic E-state index is 0.0692. The van der Waals surface area contributed by atoms with Crippen LogP contribution in [0.2, 0.25) is 0 Å². The molecular weight excluding hydrogens is 222 g/mol. The Labute approximate surface area is 101 Å². The van der Waals surface area contributed by atoms with Gasteiger partial charge in [0.1, 0.15) is 0 Å². The van der Waals surface area contributed by atoms with Gasteiger partial charge < -0.3 is 19.8 Å². The largest absolute Gasteiger partial charge is 0.481 e. The Morgan fingerprint density at radius 2 is 1.71 bits per heavy atom. The van der Waals surface area contributed by atoms with Crippen LogP contribution < -0.4 is 0 Å². The second kappa shape index (κ2) is 4.91. The predicted octanol–water partition coefficient (Wildman–Crippen LogP) is -0.240. The molecule has 0 atom stereocenters. The van der Waals surface area contributed by atoms with Gasteiger partial charge in [-0.1, -0.05) is 0 Å². The molecule has 2 saturated heterocycles. The quantitative estimate of drug-likeness (QED) is 0.724. The average molecular weight is 241 g/mol. The summed E-state index contributed by atoms with van der Waals surface area (Å²) in [5.41, 5.74) is 0. The van der Waals surface area contributed by atoms with Crippen molar-refractivity contribution >= 4 is 12.0 Å². The first-order chi connectivity index (χ1) is 8.06. The van der Waals surface area contributed by atoms with Crippen molar-refractivity contribution < 1.29 is 14.7 Å². The third kappa shape index (κ3) is 2.88. The molecule has 2 fully saturated rings. The van der Waals surface area contributed by atoms with Crippen LogP contribution in [-0.4, -0.2) is 78.1 Å². The number of nitrogens with zero attached hydrogens (tertiary/aromatic N) is 3. The Kier molecular flexibility index (Phi) is 3.51. The van der Waals surface area contributed by atoms with Crippen LogP contribution in [0.5, 0.6) is 0 Å². The fraction of sp³-hybridized carbons (Fsp3) is 0.818. The van der Waals surface area contributed by atoms with Crippen LogP contribution >= 0.6 is 0 Å². The summed E-state index contributed by atoms with van der Waals surface area (Å²) >= 11 is 0. The maximum Gasteiger partial charge on any atom is 0.320 e. The Morgan fingerprint density at radius 3 is 2.24 bits per heavy atom. The van der Waals surface area contributed by atoms with E-state index in [0.717, 1.165) is 26.2 Å². The van der Waals surface area contributed by atoms with Crippen molar-refractivity contribution in [3.8, 4) is 0 Å². The third-order valence-corrected chi connectivity index (χ3v) is 3.46. The molecule has 0 aromatic carbocycles. The number of likely N-dealkylation sites (tertiary alicyclic amines) is 1. The van der Waals surface area contributed by atoms with Crippen molar-refractivity contribution in [2.45, 2.75) is 6.42 Å². The average Bonchev–Trinajstić information content (AvgIpc) is 2.23. The topological polar surface area (TPSA) is 64.1 Å². The molecule has 6 heteroatoms. The zero-order valence-electron chi connectivity index (χ0n) is 10.1. The van der Waals surface area contributed by atoms with E-state index in [9.17, 15) is 9.59 Å². The Morgan fingerprint density at radius 1 is 1.12 bits per heavy atom. The molecule has 0 unspecified atom stereocenters. The number of carboxylic acids is 1. The van der Waals surface area contributed by atoms with Crippen molar-refractivity contribution in [1.29, 1.82) is 0 Å². The van der Waals surface area contributed by atoms with Crippen LogP contribution in [0.3, 0.4) is 0 Å². The van der Waals surface area contributed by atoms with E-state index >= 15 is 0 Å². The second-order valence-electron chi connectivity index (χ2n) is 4.94. The summed E-state index contributed by atoms with van der Waals surface area (Å²) in [5.74, 6) is -0.634. The van der Waals surface area contributed by atoms with Crippen molar-refractivity contribution in [1.82, 2.24) is 14.7 Å². The van der Waals surface area contributed by atoms with E-state index in [1.165, 1.54) is 0 Å². The SMILES string of the molecule is CN1CCN(C(=O)N2CC(CC(=O)O)C2)CC1. The predicted molar refractivity (Wildman–Crippen MR) is 61.8 cm³/mol. The summed E-state index contributed by atoms with van der Waals surface area (Å²) in [4.78, 5) is 28.3. The first-order valence-corrected chi connectivity index (χ1v) is 6.00. The lowest BCUT2D eigenvalue weighted by molar-refractivity contribution is -0.139. The van der Waals surface area contributed by atoms with Crippen LogP contribution in [0.1, 0.15) is 6.42 Å². The number of aliphatic carboxylic acids is 1. The molecule has 0 spiro atoms. The van der Waals surface area contributed by atoms with Gasteiger partial charge in [-0.15, -0.1) is 0 Å². The van der Waals surface area contributed by atoms with E-state index in [0.29, 0.717) is 13.1 Å². The molecule has 0 aromatic heterocycles. The molecular formula is C11H19N3O3. The van der Waals surface area contributed by atoms with Gasteiger partial charge in [-0.25, -0.2) is 4.79 Å². The summed E-state index contributed by atoms with van der Waals surface area (Å²) in [6, 6.07) is 0.0692. The van der Waals surface area contributed by atoms with Crippen LogP contribution in [0.4, 0.5) is 4.79 Å². The van der Waals surface area contributed by atoms with Crippen molar-refractivity contribution in [2.24, 2.45) is 5.92 Å². The van der Waals surface area contributed by atoms with Gasteiger partial charge in [0, 0.05) is 45.2 Å². The molecule has 0 aliphatic carbocycles. The van der Waals surface area contributed by atoms with Gasteiger partial charge in [0.2, 0.25) is 0 Å². The Balaban J connectivity index is 1.73. The molecule has 0 aromatic rings. The Bertz CT molecular complexity index is 307. The highest BCUT2D eigenvalue weighted by Crippen LogP contribution is 2.20. The van der Waals surface area contributed by atoms with Gasteiger partial charge in [0.25, 0.3) is 0 Å². The minimum atomic E-state index is -0.776. The van der Waals surface area contributed by atoms with Gasteiger partial charge in [-0.2, -0.15) is 0 Å². The lowest BCUT2D eigenvalue weighted by atomic mass is 9.97. The molecule has 2 aliphatic heterocycles. The van der Waals surface area contributed by atoms with Gasteiger partial charge in [0.15, 0.2) is 0 Å². The lowest BCUT2D eigenvalue weighted by Crippen LogP contribution is -2.58. The lowest BCUT2D eigenvalue weighted by Gasteiger charge is -2.43. The number of amides is 2. The molecule has 2 rings (SSSR count). The van der Waals surface area contributed by atoms with Crippen LogP contribution in [0.15, 0.2) is 0 Å². The number of rotatable bonds is 2. The summed E-state index contributed by atoms with van der Waals surface area (Å²) in [5, 5.41) is 8.63. The highest BCUT2D eigenvalue weighted by atomic mass is 16.4. The van der Waals surface area contributed by atoms with Crippen LogP contribution in [0.25, 0.3) is 0 Å². The number of likely N-dealkylation sites (N-methyl/N-ethyl adjacent to an activating group) is 1. The first-order valence-electron chi connectivity index (χ1n) is 6.00. The maximum atomic E-state index is 12.0. The van der Waals surface area contributed by atoms with E-state index < -0.39 is 5.97 Å². The summed E-state index contributed by atoms with van der Waals surface area (Å²) < 4.78 is 0. The van der Waals surface area contributed by atoms with Crippen molar-refractivity contribution in [2.75, 3.05) is 46.3 Å². The highest BCUT2D eigenvalue weighted by molar-refractivity contribution is 5.76. The van der Waals surface area contributed by atoms with Crippen LogP contribution in [0, 0.1) is 5.92 Å². The monoisotopic (exact) mass is 241 g/mol. The van der Waals surface area contributed by atoms with E-state index in [-0.39, 0.29) is 18.4 Å². The molecule has 96 valence electrons. The van der Waals surface area contributed by atoms with Gasteiger partial charge in [-0.05, 0) is 7.05 Å². The number of carboxylic acid groups (broad SMARTS) is 1. The fourth-order valence-corrected chi connectivity index (χ4v) is 2.30. The fourth-order valence-electron chi connectivity index (χ4n) is 2.30. The molecule has 2 aliphatic rings. The smallest absolute Gasteiger partial charge is 0.320 e. The highest BCUT2D eigenvalue weighted by Gasteiger charge is 2.34. The first kappa shape index (κ1) is 12.2. The third-order valence-electron chi connectivity index (χ3n) is 3.46. The van der Waals surface area contributed by atoms with Gasteiger partial charge in [-0.3, -0.25) is 4.79 Å². The summed E-state index contributed by atoms with van der Waals surface area (Å²) in [6.07, 6.45) is 0.173. The molecule has 0 saturated carbocycles. The van der Waals surface area contributed by atoms with E-state index in [4.69, 9.17) is 5.11 Å². The van der Waals surface area contributed by atoms with Crippen molar-refractivity contribution in [3.05, 3.63) is 0 Å². The molecule has 2 heterocycles. The number of urea groups is 1. The molecule has 17 heavy (non-hydrogen) atoms. The Hall–Kier alpha value is -1.30. The minimum Gasteiger partial charge on any atom is -0.481 e. The van der Waals surface area contributed by atoms with Gasteiger partial charge >= 0.3 is 12.0 Å². The molecule has 1 N–H and O–H groups in total. The standard InChI is InChI=1S/C11H19N3O3/c1-12-2-4-13(5-3-12)11(17)14-7-9(8-14)6-10(15)16/h9H,2-8H2,1H3,(H,15,16). The number of hydrogen-bond acceptors (Lipinski definition) is 3. The summed E-state index contributed by atoms with van der Waals surface area (Å²) in [6.45, 7) is 4.57. The molecule has 2 amide bonds. The number of carbonyl (C=O) groups is 2. The van der Waals surface area contributed by atoms with E-state index in [1.54, 1.807) is 4.90 Å². The van der Waals surface area contributed by atoms with Crippen molar-refractivity contribution in [3.63, 3.8) is 0 Å². The summed E-state index contributed by atoms with van der Waals surface area (Å²) in [7, 11) is 2.05.